The first-order valence-electron chi connectivity index (χ1n) is 7.98. The summed E-state index contributed by atoms with van der Waals surface area (Å²) in [5, 5.41) is 10.8. The molecule has 0 radical (unpaired) electrons. The van der Waals surface area contributed by atoms with Gasteiger partial charge in [-0.15, -0.1) is 5.06 Å². The van der Waals surface area contributed by atoms with Gasteiger partial charge >= 0.3 is 6.09 Å². The summed E-state index contributed by atoms with van der Waals surface area (Å²) >= 11 is 6.28. The molecule has 1 N–H and O–H groups in total. The van der Waals surface area contributed by atoms with Crippen LogP contribution in [0, 0.1) is 5.92 Å². The Balaban J connectivity index is 2.27. The third kappa shape index (κ3) is 4.82. The molecule has 0 fully saturated rings. The highest BCUT2D eigenvalue weighted by Gasteiger charge is 2.34. The number of amides is 1. The van der Waals surface area contributed by atoms with E-state index in [1.807, 2.05) is 39.8 Å². The van der Waals surface area contributed by atoms with Crippen molar-refractivity contribution in [2.75, 3.05) is 0 Å². The second-order valence-electron chi connectivity index (χ2n) is 6.81. The van der Waals surface area contributed by atoms with Crippen LogP contribution in [0.4, 0.5) is 4.79 Å². The molecule has 2 aromatic heterocycles. The summed E-state index contributed by atoms with van der Waals surface area (Å²) in [6.07, 6.45) is 4.21. The maximum Gasteiger partial charge on any atom is 0.441 e. The molecule has 0 spiro atoms. The average Bonchev–Trinajstić information content (AvgIpc) is 2.52. The largest absolute Gasteiger partial charge is 0.463 e. The maximum absolute atomic E-state index is 11.7. The fourth-order valence-corrected chi connectivity index (χ4v) is 2.95. The summed E-state index contributed by atoms with van der Waals surface area (Å²) in [7, 11) is 0. The van der Waals surface area contributed by atoms with Gasteiger partial charge in [0.1, 0.15) is 0 Å². The summed E-state index contributed by atoms with van der Waals surface area (Å²) in [6, 6.07) is 5.27. The van der Waals surface area contributed by atoms with Gasteiger partial charge in [-0.3, -0.25) is 9.97 Å². The Morgan fingerprint density at radius 2 is 2.00 bits per heavy atom. The van der Waals surface area contributed by atoms with E-state index in [4.69, 9.17) is 16.4 Å². The molecule has 0 aliphatic heterocycles. The summed E-state index contributed by atoms with van der Waals surface area (Å²) in [4.78, 5) is 25.5. The van der Waals surface area contributed by atoms with E-state index in [0.29, 0.717) is 18.0 Å². The maximum atomic E-state index is 11.7. The number of pyridine rings is 2. The van der Waals surface area contributed by atoms with E-state index in [2.05, 4.69) is 9.97 Å². The van der Waals surface area contributed by atoms with Gasteiger partial charge in [0.05, 0.1) is 22.5 Å². The average molecular weight is 364 g/mol. The molecule has 134 valence electrons. The predicted molar refractivity (Wildman–Crippen MR) is 96.5 cm³/mol. The van der Waals surface area contributed by atoms with Crippen molar-refractivity contribution in [1.82, 2.24) is 15.0 Å². The highest BCUT2D eigenvalue weighted by Crippen LogP contribution is 2.31. The number of hydroxylamine groups is 2. The Bertz CT molecular complexity index is 736. The lowest BCUT2D eigenvalue weighted by atomic mass is 9.92. The second kappa shape index (κ2) is 7.70. The number of hydrogen-bond donors (Lipinski definition) is 1. The van der Waals surface area contributed by atoms with Gasteiger partial charge < -0.3 is 9.94 Å². The van der Waals surface area contributed by atoms with Crippen molar-refractivity contribution >= 4 is 17.7 Å². The SMILES string of the molecule is CC(C)CC(C)(C)N(Oc1cnc(-c2ccncc2)cc1Cl)C(=O)O. The van der Waals surface area contributed by atoms with Crippen molar-refractivity contribution < 1.29 is 14.7 Å². The van der Waals surface area contributed by atoms with Gasteiger partial charge in [-0.05, 0) is 44.4 Å². The molecule has 0 bridgehead atoms. The third-order valence-electron chi connectivity index (χ3n) is 3.62. The number of carbonyl (C=O) groups is 1. The van der Waals surface area contributed by atoms with Crippen LogP contribution >= 0.6 is 11.6 Å². The molecular weight excluding hydrogens is 342 g/mol. The predicted octanol–water partition coefficient (Wildman–Crippen LogP) is 4.90. The minimum absolute atomic E-state index is 0.193. The molecule has 2 rings (SSSR count). The standard InChI is InChI=1S/C18H22ClN3O3/c1-12(2)10-18(3,4)22(17(23)24)25-16-11-21-15(9-14(16)19)13-5-7-20-8-6-13/h5-9,11-12H,10H2,1-4H3,(H,23,24). The molecule has 25 heavy (non-hydrogen) atoms. The van der Waals surface area contributed by atoms with Gasteiger partial charge in [-0.2, -0.15) is 0 Å². The lowest BCUT2D eigenvalue weighted by Crippen LogP contribution is -2.50. The topological polar surface area (TPSA) is 75.5 Å². The zero-order valence-electron chi connectivity index (χ0n) is 14.7. The Morgan fingerprint density at radius 3 is 2.52 bits per heavy atom. The van der Waals surface area contributed by atoms with Crippen LogP contribution in [-0.2, 0) is 0 Å². The Kier molecular flexibility index (Phi) is 5.85. The fourth-order valence-electron chi connectivity index (χ4n) is 2.77. The number of carboxylic acid groups (broad SMARTS) is 1. The number of nitrogens with zero attached hydrogens (tertiary/aromatic N) is 3. The summed E-state index contributed by atoms with van der Waals surface area (Å²) in [5.74, 6) is 0.502. The van der Waals surface area contributed by atoms with Crippen LogP contribution in [0.25, 0.3) is 11.3 Å². The molecule has 0 unspecified atom stereocenters. The van der Waals surface area contributed by atoms with Crippen LogP contribution in [0.1, 0.15) is 34.1 Å². The highest BCUT2D eigenvalue weighted by molar-refractivity contribution is 6.32. The van der Waals surface area contributed by atoms with E-state index in [0.717, 1.165) is 10.6 Å². The molecule has 0 aliphatic rings. The smallest absolute Gasteiger partial charge is 0.441 e. The highest BCUT2D eigenvalue weighted by atomic mass is 35.5. The molecule has 2 aromatic rings. The zero-order valence-corrected chi connectivity index (χ0v) is 15.5. The van der Waals surface area contributed by atoms with Gasteiger partial charge in [-0.25, -0.2) is 4.79 Å². The Hall–Kier alpha value is -2.34. The molecular formula is C18H22ClN3O3. The molecule has 0 saturated carbocycles. The van der Waals surface area contributed by atoms with Crippen LogP contribution in [0.2, 0.25) is 5.02 Å². The summed E-state index contributed by atoms with van der Waals surface area (Å²) in [6.45, 7) is 7.68. The molecule has 6 nitrogen and oxygen atoms in total. The van der Waals surface area contributed by atoms with Crippen LogP contribution in [0.5, 0.6) is 5.75 Å². The van der Waals surface area contributed by atoms with E-state index in [-0.39, 0.29) is 10.8 Å². The molecule has 0 aliphatic carbocycles. The third-order valence-corrected chi connectivity index (χ3v) is 3.91. The molecule has 0 aromatic carbocycles. The first-order valence-corrected chi connectivity index (χ1v) is 8.35. The number of hydrogen-bond acceptors (Lipinski definition) is 4. The lowest BCUT2D eigenvalue weighted by Gasteiger charge is -2.36. The molecule has 0 saturated heterocycles. The van der Waals surface area contributed by atoms with Gasteiger partial charge in [0.25, 0.3) is 0 Å². The van der Waals surface area contributed by atoms with Crippen molar-refractivity contribution in [1.29, 1.82) is 0 Å². The van der Waals surface area contributed by atoms with Gasteiger partial charge in [0.2, 0.25) is 0 Å². The Labute approximate surface area is 152 Å². The van der Waals surface area contributed by atoms with E-state index in [9.17, 15) is 9.90 Å². The molecule has 2 heterocycles. The van der Waals surface area contributed by atoms with Crippen molar-refractivity contribution in [3.8, 4) is 17.0 Å². The number of halogens is 1. The van der Waals surface area contributed by atoms with E-state index in [1.165, 1.54) is 6.20 Å². The van der Waals surface area contributed by atoms with Gasteiger partial charge in [0, 0.05) is 18.0 Å². The monoisotopic (exact) mass is 363 g/mol. The Morgan fingerprint density at radius 1 is 1.36 bits per heavy atom. The number of aromatic nitrogens is 2. The van der Waals surface area contributed by atoms with Crippen LogP contribution in [-0.4, -0.2) is 31.8 Å². The summed E-state index contributed by atoms with van der Waals surface area (Å²) < 4.78 is 0. The van der Waals surface area contributed by atoms with Gasteiger partial charge in [0.15, 0.2) is 5.75 Å². The van der Waals surface area contributed by atoms with E-state index >= 15 is 0 Å². The molecule has 1 amide bonds. The van der Waals surface area contributed by atoms with Crippen molar-refractivity contribution in [3.63, 3.8) is 0 Å². The van der Waals surface area contributed by atoms with Crippen LogP contribution < -0.4 is 4.84 Å². The minimum atomic E-state index is -1.18. The number of rotatable bonds is 6. The van der Waals surface area contributed by atoms with Crippen LogP contribution in [0.15, 0.2) is 36.8 Å². The van der Waals surface area contributed by atoms with Crippen LogP contribution in [0.3, 0.4) is 0 Å². The normalized spacial score (nSPS) is 11.4. The fraction of sp³-hybridized carbons (Fsp3) is 0.389. The first kappa shape index (κ1) is 19.0. The molecule has 0 atom stereocenters. The second-order valence-corrected chi connectivity index (χ2v) is 7.22. The minimum Gasteiger partial charge on any atom is -0.463 e. The first-order chi connectivity index (χ1) is 11.7. The van der Waals surface area contributed by atoms with Crippen molar-refractivity contribution in [2.45, 2.75) is 39.7 Å². The lowest BCUT2D eigenvalue weighted by molar-refractivity contribution is -0.109. The van der Waals surface area contributed by atoms with Gasteiger partial charge in [-0.1, -0.05) is 25.4 Å². The van der Waals surface area contributed by atoms with Crippen molar-refractivity contribution in [3.05, 3.63) is 41.8 Å². The van der Waals surface area contributed by atoms with E-state index in [1.54, 1.807) is 18.5 Å². The van der Waals surface area contributed by atoms with Crippen molar-refractivity contribution in [2.24, 2.45) is 5.92 Å². The zero-order chi connectivity index (χ0) is 18.6. The van der Waals surface area contributed by atoms with E-state index < -0.39 is 11.6 Å². The molecule has 7 heteroatoms. The summed E-state index contributed by atoms with van der Waals surface area (Å²) in [5.41, 5.74) is 0.800. The quantitative estimate of drug-likeness (QED) is 0.739.